The van der Waals surface area contributed by atoms with Crippen molar-refractivity contribution in [2.24, 2.45) is 0 Å². The fraction of sp³-hybridized carbons (Fsp3) is 0.417. The monoisotopic (exact) mass is 229 g/mol. The van der Waals surface area contributed by atoms with Gasteiger partial charge in [0.05, 0.1) is 5.69 Å². The summed E-state index contributed by atoms with van der Waals surface area (Å²) in [7, 11) is 0. The Hall–Kier alpha value is -1.91. The highest BCUT2D eigenvalue weighted by atomic mass is 15.4. The normalized spacial score (nSPS) is 14.0. The van der Waals surface area contributed by atoms with Gasteiger partial charge in [0.1, 0.15) is 5.82 Å². The average Bonchev–Trinajstić information content (AvgIpc) is 2.80. The van der Waals surface area contributed by atoms with E-state index in [1.165, 1.54) is 5.56 Å². The van der Waals surface area contributed by atoms with E-state index < -0.39 is 0 Å². The molecule has 0 unspecified atom stereocenters. The number of hydrogen-bond donors (Lipinski definition) is 1. The first kappa shape index (κ1) is 10.3. The molecule has 17 heavy (non-hydrogen) atoms. The van der Waals surface area contributed by atoms with E-state index >= 15 is 0 Å². The first-order valence-electron chi connectivity index (χ1n) is 5.84. The van der Waals surface area contributed by atoms with Crippen molar-refractivity contribution >= 4 is 5.82 Å². The van der Waals surface area contributed by atoms with Crippen LogP contribution in [-0.4, -0.2) is 19.7 Å². The minimum absolute atomic E-state index is 0.578. The van der Waals surface area contributed by atoms with Gasteiger partial charge in [0, 0.05) is 17.0 Å². The number of nitrogens with zero attached hydrogens (tertiary/aromatic N) is 4. The molecule has 0 aromatic carbocycles. The standard InChI is InChI=1S/C12H15N5/c1-7-6-8(2)15-12(14-7)17-11(13)9-4-3-5-10(9)16-17/h6H,3-5,13H2,1-2H3. The van der Waals surface area contributed by atoms with Crippen LogP contribution in [0.1, 0.15) is 29.1 Å². The second-order valence-corrected chi connectivity index (χ2v) is 4.53. The van der Waals surface area contributed by atoms with Crippen molar-refractivity contribution in [3.63, 3.8) is 0 Å². The van der Waals surface area contributed by atoms with Crippen LogP contribution in [0, 0.1) is 13.8 Å². The Balaban J connectivity index is 2.15. The van der Waals surface area contributed by atoms with E-state index in [4.69, 9.17) is 5.73 Å². The maximum absolute atomic E-state index is 6.11. The summed E-state index contributed by atoms with van der Waals surface area (Å²) in [5.74, 6) is 1.27. The molecule has 0 bridgehead atoms. The van der Waals surface area contributed by atoms with Crippen LogP contribution in [0.2, 0.25) is 0 Å². The van der Waals surface area contributed by atoms with Crippen molar-refractivity contribution in [2.75, 3.05) is 5.73 Å². The fourth-order valence-electron chi connectivity index (χ4n) is 2.37. The molecule has 2 heterocycles. The minimum Gasteiger partial charge on any atom is -0.383 e. The highest BCUT2D eigenvalue weighted by Crippen LogP contribution is 2.27. The molecule has 5 heteroatoms. The SMILES string of the molecule is Cc1cc(C)nc(-n2nc3c(c2N)CCC3)n1. The Labute approximate surface area is 99.7 Å². The number of fused-ring (bicyclic) bond motifs is 1. The lowest BCUT2D eigenvalue weighted by atomic mass is 10.3. The van der Waals surface area contributed by atoms with Crippen LogP contribution in [0.25, 0.3) is 5.95 Å². The smallest absolute Gasteiger partial charge is 0.252 e. The van der Waals surface area contributed by atoms with Crippen LogP contribution >= 0.6 is 0 Å². The van der Waals surface area contributed by atoms with Gasteiger partial charge in [-0.15, -0.1) is 0 Å². The Morgan fingerprint density at radius 1 is 1.18 bits per heavy atom. The summed E-state index contributed by atoms with van der Waals surface area (Å²) in [6, 6.07) is 1.94. The van der Waals surface area contributed by atoms with Crippen LogP contribution in [-0.2, 0) is 12.8 Å². The highest BCUT2D eigenvalue weighted by molar-refractivity contribution is 5.49. The molecule has 1 aliphatic rings. The molecule has 3 rings (SSSR count). The van der Waals surface area contributed by atoms with Gasteiger partial charge >= 0.3 is 0 Å². The predicted octanol–water partition coefficient (Wildman–Crippen LogP) is 1.35. The number of anilines is 1. The number of nitrogens with two attached hydrogens (primary N) is 1. The van der Waals surface area contributed by atoms with Crippen molar-refractivity contribution in [3.05, 3.63) is 28.7 Å². The maximum atomic E-state index is 6.11. The third kappa shape index (κ3) is 1.58. The summed E-state index contributed by atoms with van der Waals surface area (Å²) >= 11 is 0. The molecule has 0 saturated carbocycles. The zero-order valence-corrected chi connectivity index (χ0v) is 10.1. The second kappa shape index (κ2) is 3.55. The van der Waals surface area contributed by atoms with E-state index in [2.05, 4.69) is 15.1 Å². The molecular formula is C12H15N5. The molecule has 88 valence electrons. The molecule has 0 atom stereocenters. The van der Waals surface area contributed by atoms with Crippen LogP contribution in [0.4, 0.5) is 5.82 Å². The number of rotatable bonds is 1. The summed E-state index contributed by atoms with van der Waals surface area (Å²) < 4.78 is 1.67. The minimum atomic E-state index is 0.578. The van der Waals surface area contributed by atoms with Gasteiger partial charge in [-0.1, -0.05) is 0 Å². The van der Waals surface area contributed by atoms with Gasteiger partial charge in [-0.3, -0.25) is 0 Å². The molecule has 0 amide bonds. The van der Waals surface area contributed by atoms with E-state index in [9.17, 15) is 0 Å². The van der Waals surface area contributed by atoms with Gasteiger partial charge in [0.2, 0.25) is 0 Å². The number of aryl methyl sites for hydroxylation is 3. The zero-order valence-electron chi connectivity index (χ0n) is 10.1. The van der Waals surface area contributed by atoms with E-state index in [1.54, 1.807) is 4.68 Å². The Kier molecular flexibility index (Phi) is 2.14. The van der Waals surface area contributed by atoms with Crippen LogP contribution in [0.15, 0.2) is 6.07 Å². The van der Waals surface area contributed by atoms with Gasteiger partial charge in [-0.2, -0.15) is 9.78 Å². The lowest BCUT2D eigenvalue weighted by Crippen LogP contribution is -2.09. The Morgan fingerprint density at radius 3 is 2.53 bits per heavy atom. The molecule has 2 aromatic rings. The van der Waals surface area contributed by atoms with Gasteiger partial charge in [0.15, 0.2) is 0 Å². The van der Waals surface area contributed by atoms with Gasteiger partial charge in [-0.05, 0) is 39.2 Å². The lowest BCUT2D eigenvalue weighted by Gasteiger charge is -2.05. The molecule has 1 aliphatic carbocycles. The summed E-state index contributed by atoms with van der Waals surface area (Å²) in [5.41, 5.74) is 10.2. The van der Waals surface area contributed by atoms with E-state index in [1.807, 2.05) is 19.9 Å². The molecule has 0 aliphatic heterocycles. The van der Waals surface area contributed by atoms with Crippen LogP contribution in [0.5, 0.6) is 0 Å². The summed E-state index contributed by atoms with van der Waals surface area (Å²) in [6.07, 6.45) is 3.18. The van der Waals surface area contributed by atoms with E-state index in [-0.39, 0.29) is 0 Å². The molecule has 0 radical (unpaired) electrons. The van der Waals surface area contributed by atoms with Crippen LogP contribution in [0.3, 0.4) is 0 Å². The summed E-state index contributed by atoms with van der Waals surface area (Å²) in [4.78, 5) is 8.77. The molecule has 0 fully saturated rings. The Morgan fingerprint density at radius 2 is 1.88 bits per heavy atom. The van der Waals surface area contributed by atoms with Crippen molar-refractivity contribution in [1.29, 1.82) is 0 Å². The quantitative estimate of drug-likeness (QED) is 0.801. The topological polar surface area (TPSA) is 69.6 Å². The highest BCUT2D eigenvalue weighted by Gasteiger charge is 2.22. The first-order valence-corrected chi connectivity index (χ1v) is 5.84. The molecular weight excluding hydrogens is 214 g/mol. The molecule has 0 saturated heterocycles. The fourth-order valence-corrected chi connectivity index (χ4v) is 2.37. The average molecular weight is 229 g/mol. The van der Waals surface area contributed by atoms with Gasteiger partial charge in [-0.25, -0.2) is 9.97 Å². The van der Waals surface area contributed by atoms with Crippen LogP contribution < -0.4 is 5.73 Å². The first-order chi connectivity index (χ1) is 8.15. The Bertz CT molecular complexity index is 565. The number of nitrogen functional groups attached to an aromatic ring is 1. The number of aromatic nitrogens is 4. The third-order valence-electron chi connectivity index (χ3n) is 3.11. The van der Waals surface area contributed by atoms with Crippen molar-refractivity contribution in [2.45, 2.75) is 33.1 Å². The van der Waals surface area contributed by atoms with E-state index in [0.29, 0.717) is 11.8 Å². The van der Waals surface area contributed by atoms with E-state index in [0.717, 1.165) is 36.3 Å². The van der Waals surface area contributed by atoms with Gasteiger partial charge in [0.25, 0.3) is 5.95 Å². The number of hydrogen-bond acceptors (Lipinski definition) is 4. The van der Waals surface area contributed by atoms with Crippen molar-refractivity contribution in [3.8, 4) is 5.95 Å². The third-order valence-corrected chi connectivity index (χ3v) is 3.11. The maximum Gasteiger partial charge on any atom is 0.252 e. The largest absolute Gasteiger partial charge is 0.383 e. The molecule has 0 spiro atoms. The van der Waals surface area contributed by atoms with Crippen molar-refractivity contribution in [1.82, 2.24) is 19.7 Å². The van der Waals surface area contributed by atoms with Crippen molar-refractivity contribution < 1.29 is 0 Å². The molecule has 5 nitrogen and oxygen atoms in total. The van der Waals surface area contributed by atoms with Gasteiger partial charge < -0.3 is 5.73 Å². The molecule has 2 N–H and O–H groups in total. The lowest BCUT2D eigenvalue weighted by molar-refractivity contribution is 0.762. The summed E-state index contributed by atoms with van der Waals surface area (Å²) in [6.45, 7) is 3.90. The molecule has 2 aromatic heterocycles. The zero-order chi connectivity index (χ0) is 12.0. The second-order valence-electron chi connectivity index (χ2n) is 4.53. The summed E-state index contributed by atoms with van der Waals surface area (Å²) in [5, 5.41) is 4.51. The predicted molar refractivity (Wildman–Crippen MR) is 65.1 cm³/mol.